The van der Waals surface area contributed by atoms with Gasteiger partial charge in [0, 0.05) is 17.3 Å². The molecular weight excluding hydrogens is 234 g/mol. The van der Waals surface area contributed by atoms with E-state index in [0.717, 1.165) is 10.4 Å². The third-order valence-corrected chi connectivity index (χ3v) is 2.90. The third kappa shape index (κ3) is 2.55. The van der Waals surface area contributed by atoms with Crippen LogP contribution in [0.25, 0.3) is 10.4 Å². The second-order valence-corrected chi connectivity index (χ2v) is 3.79. The second-order valence-electron chi connectivity index (χ2n) is 2.70. The van der Waals surface area contributed by atoms with Crippen LogP contribution in [0, 0.1) is 0 Å². The minimum absolute atomic E-state index is 0. The molecule has 0 aliphatic heterocycles. The summed E-state index contributed by atoms with van der Waals surface area (Å²) in [4.78, 5) is 15.9. The summed E-state index contributed by atoms with van der Waals surface area (Å²) >= 11 is 1.27. The van der Waals surface area contributed by atoms with E-state index in [2.05, 4.69) is 4.98 Å². The molecule has 1 N–H and O–H groups in total. The Hall–Kier alpha value is -1.39. The minimum atomic E-state index is -0.879. The molecule has 0 atom stereocenters. The van der Waals surface area contributed by atoms with E-state index in [1.54, 1.807) is 18.5 Å². The Morgan fingerprint density at radius 1 is 1.20 bits per heavy atom. The number of carbonyl (C=O) groups is 1. The molecule has 0 fully saturated rings. The van der Waals surface area contributed by atoms with Crippen molar-refractivity contribution in [2.75, 3.05) is 0 Å². The minimum Gasteiger partial charge on any atom is -0.477 e. The predicted molar refractivity (Wildman–Crippen MR) is 61.8 cm³/mol. The normalized spacial score (nSPS) is 9.33. The Morgan fingerprint density at radius 3 is 2.40 bits per heavy atom. The van der Waals surface area contributed by atoms with Gasteiger partial charge in [-0.15, -0.1) is 23.7 Å². The van der Waals surface area contributed by atoms with E-state index in [1.165, 1.54) is 11.3 Å². The smallest absolute Gasteiger partial charge is 0.345 e. The van der Waals surface area contributed by atoms with E-state index in [-0.39, 0.29) is 12.4 Å². The lowest BCUT2D eigenvalue weighted by Crippen LogP contribution is -1.89. The van der Waals surface area contributed by atoms with E-state index >= 15 is 0 Å². The van der Waals surface area contributed by atoms with Crippen LogP contribution in [0.1, 0.15) is 9.67 Å². The maximum absolute atomic E-state index is 10.6. The number of carboxylic acid groups (broad SMARTS) is 1. The van der Waals surface area contributed by atoms with E-state index in [4.69, 9.17) is 5.11 Å². The van der Waals surface area contributed by atoms with Crippen LogP contribution in [0.4, 0.5) is 0 Å². The van der Waals surface area contributed by atoms with Crippen LogP contribution >= 0.6 is 23.7 Å². The van der Waals surface area contributed by atoms with Gasteiger partial charge in [0.2, 0.25) is 0 Å². The maximum atomic E-state index is 10.6. The van der Waals surface area contributed by atoms with Crippen molar-refractivity contribution in [2.45, 2.75) is 0 Å². The van der Waals surface area contributed by atoms with Crippen molar-refractivity contribution in [1.82, 2.24) is 4.98 Å². The molecule has 0 saturated carbocycles. The first-order valence-electron chi connectivity index (χ1n) is 4.01. The van der Waals surface area contributed by atoms with Crippen LogP contribution in [0.3, 0.4) is 0 Å². The van der Waals surface area contributed by atoms with Crippen molar-refractivity contribution in [3.8, 4) is 10.4 Å². The van der Waals surface area contributed by atoms with Gasteiger partial charge in [0.25, 0.3) is 0 Å². The number of pyridine rings is 1. The Labute approximate surface area is 96.8 Å². The molecule has 0 aliphatic rings. The molecule has 0 aliphatic carbocycles. The zero-order valence-corrected chi connectivity index (χ0v) is 9.22. The number of thiophene rings is 1. The third-order valence-electron chi connectivity index (χ3n) is 1.78. The summed E-state index contributed by atoms with van der Waals surface area (Å²) in [6, 6.07) is 7.14. The first-order valence-corrected chi connectivity index (χ1v) is 4.82. The predicted octanol–water partition coefficient (Wildman–Crippen LogP) is 2.93. The Kier molecular flexibility index (Phi) is 3.82. The van der Waals surface area contributed by atoms with Gasteiger partial charge in [-0.3, -0.25) is 4.98 Å². The SMILES string of the molecule is Cl.O=C(O)c1ccc(-c2ccncc2)s1. The molecule has 15 heavy (non-hydrogen) atoms. The van der Waals surface area contributed by atoms with E-state index in [0.29, 0.717) is 4.88 Å². The van der Waals surface area contributed by atoms with Crippen LogP contribution in [-0.4, -0.2) is 16.1 Å². The van der Waals surface area contributed by atoms with Gasteiger partial charge in [0.15, 0.2) is 0 Å². The van der Waals surface area contributed by atoms with E-state index in [1.807, 2.05) is 18.2 Å². The largest absolute Gasteiger partial charge is 0.477 e. The summed E-state index contributed by atoms with van der Waals surface area (Å²) in [7, 11) is 0. The van der Waals surface area contributed by atoms with Crippen molar-refractivity contribution in [3.63, 3.8) is 0 Å². The molecule has 5 heteroatoms. The first kappa shape index (κ1) is 11.7. The highest BCUT2D eigenvalue weighted by molar-refractivity contribution is 7.17. The van der Waals surface area contributed by atoms with Gasteiger partial charge < -0.3 is 5.11 Å². The molecule has 0 aromatic carbocycles. The average molecular weight is 242 g/mol. The number of aromatic nitrogens is 1. The number of carboxylic acids is 1. The van der Waals surface area contributed by atoms with Crippen LogP contribution in [-0.2, 0) is 0 Å². The van der Waals surface area contributed by atoms with Gasteiger partial charge in [0.05, 0.1) is 0 Å². The average Bonchev–Trinajstić information content (AvgIpc) is 2.68. The van der Waals surface area contributed by atoms with Gasteiger partial charge in [0.1, 0.15) is 4.88 Å². The van der Waals surface area contributed by atoms with Crippen molar-refractivity contribution in [3.05, 3.63) is 41.5 Å². The summed E-state index contributed by atoms with van der Waals surface area (Å²) < 4.78 is 0. The van der Waals surface area contributed by atoms with E-state index < -0.39 is 5.97 Å². The maximum Gasteiger partial charge on any atom is 0.345 e. The summed E-state index contributed by atoms with van der Waals surface area (Å²) in [6.07, 6.45) is 3.38. The molecular formula is C10H8ClNO2S. The second kappa shape index (κ2) is 4.91. The number of halogens is 1. The molecule has 78 valence electrons. The topological polar surface area (TPSA) is 50.2 Å². The van der Waals surface area contributed by atoms with Gasteiger partial charge in [-0.05, 0) is 29.8 Å². The number of aromatic carboxylic acids is 1. The summed E-state index contributed by atoms with van der Waals surface area (Å²) in [6.45, 7) is 0. The molecule has 2 rings (SSSR count). The molecule has 3 nitrogen and oxygen atoms in total. The van der Waals surface area contributed by atoms with Gasteiger partial charge in [-0.1, -0.05) is 0 Å². The lowest BCUT2D eigenvalue weighted by atomic mass is 10.2. The highest BCUT2D eigenvalue weighted by atomic mass is 35.5. The first-order chi connectivity index (χ1) is 6.77. The summed E-state index contributed by atoms with van der Waals surface area (Å²) in [5.74, 6) is -0.879. The lowest BCUT2D eigenvalue weighted by molar-refractivity contribution is 0.0702. The fraction of sp³-hybridized carbons (Fsp3) is 0. The highest BCUT2D eigenvalue weighted by Gasteiger charge is 2.07. The molecule has 0 unspecified atom stereocenters. The van der Waals surface area contributed by atoms with Gasteiger partial charge in [-0.2, -0.15) is 0 Å². The van der Waals surface area contributed by atoms with E-state index in [9.17, 15) is 4.79 Å². The van der Waals surface area contributed by atoms with Gasteiger partial charge in [-0.25, -0.2) is 4.79 Å². The van der Waals surface area contributed by atoms with Crippen LogP contribution in [0.2, 0.25) is 0 Å². The molecule has 0 radical (unpaired) electrons. The molecule has 2 heterocycles. The lowest BCUT2D eigenvalue weighted by Gasteiger charge is -1.93. The van der Waals surface area contributed by atoms with Crippen molar-refractivity contribution < 1.29 is 9.90 Å². The quantitative estimate of drug-likeness (QED) is 0.880. The van der Waals surface area contributed by atoms with Crippen molar-refractivity contribution in [1.29, 1.82) is 0 Å². The van der Waals surface area contributed by atoms with Crippen LogP contribution in [0.15, 0.2) is 36.7 Å². The summed E-state index contributed by atoms with van der Waals surface area (Å²) in [5, 5.41) is 8.74. The Balaban J connectivity index is 0.00000112. The Bertz CT molecular complexity index is 455. The monoisotopic (exact) mass is 241 g/mol. The zero-order chi connectivity index (χ0) is 9.97. The number of hydrogen-bond acceptors (Lipinski definition) is 3. The van der Waals surface area contributed by atoms with Gasteiger partial charge >= 0.3 is 5.97 Å². The highest BCUT2D eigenvalue weighted by Crippen LogP contribution is 2.27. The van der Waals surface area contributed by atoms with Crippen molar-refractivity contribution >= 4 is 29.7 Å². The fourth-order valence-electron chi connectivity index (χ4n) is 1.12. The molecule has 0 bridgehead atoms. The number of rotatable bonds is 2. The molecule has 0 amide bonds. The van der Waals surface area contributed by atoms with Crippen LogP contribution in [0.5, 0.6) is 0 Å². The van der Waals surface area contributed by atoms with Crippen molar-refractivity contribution in [2.24, 2.45) is 0 Å². The number of nitrogens with zero attached hydrogens (tertiary/aromatic N) is 1. The molecule has 0 spiro atoms. The van der Waals surface area contributed by atoms with Crippen LogP contribution < -0.4 is 0 Å². The Morgan fingerprint density at radius 2 is 1.87 bits per heavy atom. The zero-order valence-electron chi connectivity index (χ0n) is 7.58. The standard InChI is InChI=1S/C10H7NO2S.ClH/c12-10(13)9-2-1-8(14-9)7-3-5-11-6-4-7;/h1-6H,(H,12,13);1H. The molecule has 0 saturated heterocycles. The fourth-order valence-corrected chi connectivity index (χ4v) is 1.97. The molecule has 2 aromatic heterocycles. The summed E-state index contributed by atoms with van der Waals surface area (Å²) in [5.41, 5.74) is 0.998. The molecule has 2 aromatic rings. The number of hydrogen-bond donors (Lipinski definition) is 1.